The van der Waals surface area contributed by atoms with Gasteiger partial charge < -0.3 is 14.6 Å². The van der Waals surface area contributed by atoms with Crippen LogP contribution in [0.2, 0.25) is 0 Å². The SMILES string of the molecule is Oc1cc2c(cn1)[C@]1(Cc3ccccn3)CCC3(C[C@H]1CCC2)OCCO3. The Bertz CT molecular complexity index is 820. The topological polar surface area (TPSA) is 64.5 Å². The first-order chi connectivity index (χ1) is 13.2. The number of aromatic hydroxyl groups is 1. The molecule has 0 bridgehead atoms. The van der Waals surface area contributed by atoms with Crippen molar-refractivity contribution < 1.29 is 14.6 Å². The molecule has 0 amide bonds. The van der Waals surface area contributed by atoms with Crippen LogP contribution in [0.25, 0.3) is 0 Å². The van der Waals surface area contributed by atoms with Crippen LogP contribution in [0.3, 0.4) is 0 Å². The van der Waals surface area contributed by atoms with Gasteiger partial charge in [0.15, 0.2) is 5.79 Å². The van der Waals surface area contributed by atoms with Crippen molar-refractivity contribution in [3.05, 3.63) is 53.5 Å². The molecule has 2 fully saturated rings. The van der Waals surface area contributed by atoms with Gasteiger partial charge in [0.2, 0.25) is 5.88 Å². The molecule has 2 atom stereocenters. The minimum absolute atomic E-state index is 0.0263. The Hall–Kier alpha value is -1.98. The number of hydrogen-bond donors (Lipinski definition) is 1. The van der Waals surface area contributed by atoms with Crippen LogP contribution < -0.4 is 0 Å². The Morgan fingerprint density at radius 2 is 2.04 bits per heavy atom. The summed E-state index contributed by atoms with van der Waals surface area (Å²) in [5, 5.41) is 9.95. The van der Waals surface area contributed by atoms with E-state index in [0.717, 1.165) is 50.6 Å². The molecule has 5 nitrogen and oxygen atoms in total. The van der Waals surface area contributed by atoms with Gasteiger partial charge in [-0.2, -0.15) is 0 Å². The lowest BCUT2D eigenvalue weighted by atomic mass is 9.58. The van der Waals surface area contributed by atoms with Gasteiger partial charge in [-0.3, -0.25) is 4.98 Å². The molecule has 2 aromatic heterocycles. The van der Waals surface area contributed by atoms with E-state index in [1.165, 1.54) is 11.1 Å². The quantitative estimate of drug-likeness (QED) is 0.881. The van der Waals surface area contributed by atoms with E-state index < -0.39 is 5.79 Å². The minimum atomic E-state index is -0.396. The van der Waals surface area contributed by atoms with Crippen LogP contribution in [-0.2, 0) is 27.7 Å². The lowest BCUT2D eigenvalue weighted by Gasteiger charge is -2.49. The van der Waals surface area contributed by atoms with Crippen molar-refractivity contribution in [2.45, 2.75) is 56.1 Å². The van der Waals surface area contributed by atoms with Crippen molar-refractivity contribution in [3.8, 4) is 5.88 Å². The van der Waals surface area contributed by atoms with Gasteiger partial charge in [0.1, 0.15) is 0 Å². The van der Waals surface area contributed by atoms with Crippen molar-refractivity contribution in [2.24, 2.45) is 5.92 Å². The Kier molecular flexibility index (Phi) is 4.17. The highest BCUT2D eigenvalue weighted by Gasteiger charge is 2.53. The number of aromatic nitrogens is 2. The zero-order chi connectivity index (χ0) is 18.3. The molecule has 1 saturated carbocycles. The van der Waals surface area contributed by atoms with E-state index in [2.05, 4.69) is 22.1 Å². The van der Waals surface area contributed by atoms with E-state index in [9.17, 15) is 5.11 Å². The van der Waals surface area contributed by atoms with Crippen LogP contribution in [0, 0.1) is 5.92 Å². The van der Waals surface area contributed by atoms with Gasteiger partial charge in [-0.05, 0) is 61.3 Å². The average Bonchev–Trinajstić information content (AvgIpc) is 3.07. The van der Waals surface area contributed by atoms with Crippen LogP contribution in [0.15, 0.2) is 36.7 Å². The van der Waals surface area contributed by atoms with Gasteiger partial charge in [0.25, 0.3) is 0 Å². The first kappa shape index (κ1) is 17.1. The Balaban J connectivity index is 1.60. The smallest absolute Gasteiger partial charge is 0.210 e. The maximum atomic E-state index is 9.95. The summed E-state index contributed by atoms with van der Waals surface area (Å²) in [5.41, 5.74) is 3.63. The van der Waals surface area contributed by atoms with E-state index in [4.69, 9.17) is 9.47 Å². The molecular weight excluding hydrogens is 340 g/mol. The summed E-state index contributed by atoms with van der Waals surface area (Å²) in [6.45, 7) is 1.40. The fourth-order valence-electron chi connectivity index (χ4n) is 5.61. The van der Waals surface area contributed by atoms with E-state index >= 15 is 0 Å². The lowest BCUT2D eigenvalue weighted by Crippen LogP contribution is -2.49. The highest BCUT2D eigenvalue weighted by molar-refractivity contribution is 5.39. The van der Waals surface area contributed by atoms with Crippen molar-refractivity contribution in [1.29, 1.82) is 0 Å². The lowest BCUT2D eigenvalue weighted by molar-refractivity contribution is -0.199. The molecule has 1 aliphatic heterocycles. The van der Waals surface area contributed by atoms with Crippen LogP contribution in [0.4, 0.5) is 0 Å². The van der Waals surface area contributed by atoms with Gasteiger partial charge >= 0.3 is 0 Å². The number of ether oxygens (including phenoxy) is 2. The van der Waals surface area contributed by atoms with Gasteiger partial charge in [0.05, 0.1) is 13.2 Å². The molecule has 1 N–H and O–H groups in total. The molecule has 1 saturated heterocycles. The van der Waals surface area contributed by atoms with Crippen LogP contribution in [0.5, 0.6) is 5.88 Å². The molecule has 5 heteroatoms. The number of fused-ring (bicyclic) bond motifs is 3. The molecule has 142 valence electrons. The van der Waals surface area contributed by atoms with Crippen LogP contribution in [-0.4, -0.2) is 34.1 Å². The third kappa shape index (κ3) is 2.93. The standard InChI is InChI=1S/C22H26N2O3/c25-20-12-16-4-3-5-17-13-22(26-10-11-27-22)8-7-21(17,19(16)15-24-20)14-18-6-1-2-9-23-18/h1-2,6,9,12,15,17H,3-5,7-8,10-11,13-14H2,(H,24,25)/t17-,21+/m1/s1. The van der Waals surface area contributed by atoms with E-state index in [-0.39, 0.29) is 11.3 Å². The molecule has 27 heavy (non-hydrogen) atoms. The van der Waals surface area contributed by atoms with E-state index in [0.29, 0.717) is 19.1 Å². The first-order valence-electron chi connectivity index (χ1n) is 10.1. The van der Waals surface area contributed by atoms with Gasteiger partial charge in [-0.15, -0.1) is 0 Å². The largest absolute Gasteiger partial charge is 0.493 e. The second kappa shape index (κ2) is 6.57. The highest BCUT2D eigenvalue weighted by Crippen LogP contribution is 2.55. The fourth-order valence-corrected chi connectivity index (χ4v) is 5.61. The van der Waals surface area contributed by atoms with Crippen molar-refractivity contribution in [3.63, 3.8) is 0 Å². The number of aryl methyl sites for hydroxylation is 1. The molecule has 3 heterocycles. The first-order valence-corrected chi connectivity index (χ1v) is 10.1. The Labute approximate surface area is 159 Å². The minimum Gasteiger partial charge on any atom is -0.493 e. The summed E-state index contributed by atoms with van der Waals surface area (Å²) < 4.78 is 12.2. The maximum absolute atomic E-state index is 9.95. The maximum Gasteiger partial charge on any atom is 0.210 e. The molecule has 5 rings (SSSR count). The number of rotatable bonds is 2. The van der Waals surface area contributed by atoms with Crippen LogP contribution >= 0.6 is 0 Å². The molecule has 0 unspecified atom stereocenters. The van der Waals surface area contributed by atoms with Gasteiger partial charge in [0, 0.05) is 42.4 Å². The normalized spacial score (nSPS) is 29.1. The van der Waals surface area contributed by atoms with Gasteiger partial charge in [-0.25, -0.2) is 4.98 Å². The number of pyridine rings is 2. The summed E-state index contributed by atoms with van der Waals surface area (Å²) in [7, 11) is 0. The number of nitrogens with zero attached hydrogens (tertiary/aromatic N) is 2. The monoisotopic (exact) mass is 366 g/mol. The van der Waals surface area contributed by atoms with E-state index in [1.807, 2.05) is 24.5 Å². The molecule has 3 aliphatic rings. The second-order valence-corrected chi connectivity index (χ2v) is 8.25. The summed E-state index contributed by atoms with van der Waals surface area (Å²) in [4.78, 5) is 8.91. The Morgan fingerprint density at radius 1 is 1.15 bits per heavy atom. The molecule has 2 aliphatic carbocycles. The number of hydrogen-bond acceptors (Lipinski definition) is 5. The van der Waals surface area contributed by atoms with E-state index in [1.54, 1.807) is 0 Å². The third-order valence-electron chi connectivity index (χ3n) is 6.84. The van der Waals surface area contributed by atoms with Crippen LogP contribution in [0.1, 0.15) is 48.9 Å². The third-order valence-corrected chi connectivity index (χ3v) is 6.84. The summed E-state index contributed by atoms with van der Waals surface area (Å²) >= 11 is 0. The zero-order valence-corrected chi connectivity index (χ0v) is 15.6. The highest BCUT2D eigenvalue weighted by atomic mass is 16.7. The van der Waals surface area contributed by atoms with Crippen molar-refractivity contribution in [1.82, 2.24) is 9.97 Å². The van der Waals surface area contributed by atoms with Crippen molar-refractivity contribution in [2.75, 3.05) is 13.2 Å². The second-order valence-electron chi connectivity index (χ2n) is 8.25. The molecule has 2 aromatic rings. The molecule has 0 radical (unpaired) electrons. The summed E-state index contributed by atoms with van der Waals surface area (Å²) in [6, 6.07) is 8.02. The summed E-state index contributed by atoms with van der Waals surface area (Å²) in [5.74, 6) is 0.182. The Morgan fingerprint density at radius 3 is 2.85 bits per heavy atom. The van der Waals surface area contributed by atoms with Crippen molar-refractivity contribution >= 4 is 0 Å². The summed E-state index contributed by atoms with van der Waals surface area (Å²) in [6.07, 6.45) is 10.7. The molecular formula is C22H26N2O3. The average molecular weight is 366 g/mol. The zero-order valence-electron chi connectivity index (χ0n) is 15.6. The fraction of sp³-hybridized carbons (Fsp3) is 0.545. The van der Waals surface area contributed by atoms with Gasteiger partial charge in [-0.1, -0.05) is 6.07 Å². The predicted molar refractivity (Wildman–Crippen MR) is 100 cm³/mol. The predicted octanol–water partition coefficient (Wildman–Crippen LogP) is 3.54. The molecule has 1 spiro atoms. The molecule has 0 aromatic carbocycles.